The topological polar surface area (TPSA) is 54.5 Å². The molecular weight excluding hydrogens is 477 g/mol. The van der Waals surface area contributed by atoms with Gasteiger partial charge in [0.1, 0.15) is 11.6 Å². The predicted octanol–water partition coefficient (Wildman–Crippen LogP) is 5.55. The van der Waals surface area contributed by atoms with Crippen LogP contribution in [0.5, 0.6) is 0 Å². The van der Waals surface area contributed by atoms with Crippen molar-refractivity contribution in [3.63, 3.8) is 0 Å². The van der Waals surface area contributed by atoms with Crippen molar-refractivity contribution in [3.05, 3.63) is 94.6 Å². The molecule has 0 atom stereocenters. The molecule has 0 saturated heterocycles. The van der Waals surface area contributed by atoms with Gasteiger partial charge in [0.25, 0.3) is 10.0 Å². The van der Waals surface area contributed by atoms with Crippen LogP contribution >= 0.6 is 0 Å². The van der Waals surface area contributed by atoms with Crippen LogP contribution in [-0.4, -0.2) is 20.7 Å². The lowest BCUT2D eigenvalue weighted by atomic mass is 9.97. The fraction of sp³-hybridized carbons (Fsp3) is 0.208. The average Bonchev–Trinajstić information content (AvgIpc) is 2.78. The summed E-state index contributed by atoms with van der Waals surface area (Å²) in [4.78, 5) is 12.5. The summed E-state index contributed by atoms with van der Waals surface area (Å²) in [6.45, 7) is 0.178. The van der Waals surface area contributed by atoms with E-state index in [-0.39, 0.29) is 23.9 Å². The molecule has 4 nitrogen and oxygen atoms in total. The first kappa shape index (κ1) is 23.9. The Morgan fingerprint density at radius 1 is 0.941 bits per heavy atom. The molecule has 0 fully saturated rings. The third-order valence-electron chi connectivity index (χ3n) is 5.59. The molecule has 0 bridgehead atoms. The highest BCUT2D eigenvalue weighted by Crippen LogP contribution is 2.34. The third kappa shape index (κ3) is 4.68. The Morgan fingerprint density at radius 2 is 1.65 bits per heavy atom. The monoisotopic (exact) mass is 495 g/mol. The highest BCUT2D eigenvalue weighted by atomic mass is 32.2. The lowest BCUT2D eigenvalue weighted by molar-refractivity contribution is -0.137. The van der Waals surface area contributed by atoms with Gasteiger partial charge in [0, 0.05) is 13.0 Å². The summed E-state index contributed by atoms with van der Waals surface area (Å²) in [6, 6.07) is 10.9. The van der Waals surface area contributed by atoms with Crippen molar-refractivity contribution >= 4 is 21.5 Å². The van der Waals surface area contributed by atoms with Crippen LogP contribution in [0.1, 0.15) is 33.5 Å². The van der Waals surface area contributed by atoms with Gasteiger partial charge in [-0.2, -0.15) is 13.2 Å². The van der Waals surface area contributed by atoms with Crippen LogP contribution in [0.2, 0.25) is 0 Å². The number of hydrogen-bond donors (Lipinski definition) is 0. The number of nitrogens with zero attached hydrogens (tertiary/aromatic N) is 1. The molecule has 0 saturated carbocycles. The first-order valence-corrected chi connectivity index (χ1v) is 11.7. The maximum absolute atomic E-state index is 14.2. The second kappa shape index (κ2) is 8.83. The lowest BCUT2D eigenvalue weighted by Crippen LogP contribution is -2.35. The number of benzene rings is 3. The molecule has 0 amide bonds. The van der Waals surface area contributed by atoms with Crippen LogP contribution in [0, 0.1) is 11.6 Å². The molecule has 34 heavy (non-hydrogen) atoms. The SMILES string of the molecule is O=C(Cc1ccc2c(c1)N(S(=O)(=O)c1ccc(F)cc1)CCC2)c1ccc(C(F)(F)F)cc1F. The molecule has 3 aromatic carbocycles. The zero-order valence-corrected chi connectivity index (χ0v) is 18.4. The molecule has 178 valence electrons. The van der Waals surface area contributed by atoms with Crippen LogP contribution in [-0.2, 0) is 29.0 Å². The first-order chi connectivity index (χ1) is 16.0. The minimum atomic E-state index is -4.74. The smallest absolute Gasteiger partial charge is 0.294 e. The zero-order chi connectivity index (χ0) is 24.7. The molecular formula is C24H18F5NO3S. The number of fused-ring (bicyclic) bond motifs is 1. The van der Waals surface area contributed by atoms with E-state index in [0.29, 0.717) is 30.2 Å². The van der Waals surface area contributed by atoms with Crippen molar-refractivity contribution in [2.75, 3.05) is 10.8 Å². The molecule has 0 unspecified atom stereocenters. The Balaban J connectivity index is 1.63. The second-order valence-corrected chi connectivity index (χ2v) is 9.75. The van der Waals surface area contributed by atoms with Crippen LogP contribution in [0.25, 0.3) is 0 Å². The number of halogens is 5. The van der Waals surface area contributed by atoms with Gasteiger partial charge < -0.3 is 0 Å². The summed E-state index contributed by atoms with van der Waals surface area (Å²) in [5.41, 5.74) is -0.217. The number of Topliss-reactive ketones (excluding diaryl/α,β-unsaturated/α-hetero) is 1. The minimum absolute atomic E-state index is 0.0879. The molecule has 0 aromatic heterocycles. The molecule has 4 rings (SSSR count). The number of hydrogen-bond acceptors (Lipinski definition) is 3. The van der Waals surface area contributed by atoms with Gasteiger partial charge in [0.2, 0.25) is 0 Å². The Morgan fingerprint density at radius 3 is 2.29 bits per heavy atom. The summed E-state index contributed by atoms with van der Waals surface area (Å²) in [5.74, 6) is -2.59. The molecule has 3 aromatic rings. The summed E-state index contributed by atoms with van der Waals surface area (Å²) < 4.78 is 93.3. The van der Waals surface area contributed by atoms with E-state index in [1.54, 1.807) is 12.1 Å². The Labute approximate surface area is 192 Å². The zero-order valence-electron chi connectivity index (χ0n) is 17.6. The van der Waals surface area contributed by atoms with E-state index in [1.807, 2.05) is 0 Å². The maximum Gasteiger partial charge on any atom is 0.416 e. The number of anilines is 1. The van der Waals surface area contributed by atoms with E-state index in [9.17, 15) is 35.2 Å². The van der Waals surface area contributed by atoms with E-state index in [4.69, 9.17) is 0 Å². The van der Waals surface area contributed by atoms with Gasteiger partial charge in [0.15, 0.2) is 5.78 Å². The van der Waals surface area contributed by atoms with Gasteiger partial charge in [0.05, 0.1) is 21.7 Å². The summed E-state index contributed by atoms with van der Waals surface area (Å²) >= 11 is 0. The average molecular weight is 495 g/mol. The quantitative estimate of drug-likeness (QED) is 0.345. The van der Waals surface area contributed by atoms with Gasteiger partial charge in [-0.1, -0.05) is 12.1 Å². The van der Waals surface area contributed by atoms with Crippen molar-refractivity contribution < 1.29 is 35.2 Å². The normalized spacial score (nSPS) is 14.1. The fourth-order valence-corrected chi connectivity index (χ4v) is 5.41. The van der Waals surface area contributed by atoms with Crippen LogP contribution in [0.15, 0.2) is 65.6 Å². The number of aryl methyl sites for hydroxylation is 1. The minimum Gasteiger partial charge on any atom is -0.294 e. The molecule has 0 spiro atoms. The number of sulfonamides is 1. The van der Waals surface area contributed by atoms with E-state index in [2.05, 4.69) is 0 Å². The highest BCUT2D eigenvalue weighted by Gasteiger charge is 2.32. The molecule has 1 aliphatic rings. The van der Waals surface area contributed by atoms with Crippen molar-refractivity contribution in [2.24, 2.45) is 0 Å². The second-order valence-electron chi connectivity index (χ2n) is 7.89. The molecule has 1 heterocycles. The molecule has 0 N–H and O–H groups in total. The van der Waals surface area contributed by atoms with Gasteiger partial charge in [-0.15, -0.1) is 0 Å². The number of alkyl halides is 3. The van der Waals surface area contributed by atoms with Gasteiger partial charge in [-0.05, 0) is 72.5 Å². The Kier molecular flexibility index (Phi) is 6.20. The fourth-order valence-electron chi connectivity index (χ4n) is 3.88. The van der Waals surface area contributed by atoms with Gasteiger partial charge in [-0.3, -0.25) is 9.10 Å². The van der Waals surface area contributed by atoms with E-state index >= 15 is 0 Å². The largest absolute Gasteiger partial charge is 0.416 e. The predicted molar refractivity (Wildman–Crippen MR) is 115 cm³/mol. The standard InChI is InChI=1S/C24H18F5NO3S/c25-18-6-8-19(9-7-18)34(32,33)30-11-1-2-16-4-3-15(12-22(16)30)13-23(31)20-10-5-17(14-21(20)26)24(27,28)29/h3-10,12,14H,1-2,11,13H2. The van der Waals surface area contributed by atoms with Gasteiger partial charge >= 0.3 is 6.18 Å². The highest BCUT2D eigenvalue weighted by molar-refractivity contribution is 7.92. The Bertz CT molecular complexity index is 1350. The Hall–Kier alpha value is -3.27. The molecule has 10 heteroatoms. The van der Waals surface area contributed by atoms with Crippen LogP contribution < -0.4 is 4.31 Å². The van der Waals surface area contributed by atoms with E-state index < -0.39 is 44.7 Å². The number of carbonyl (C=O) groups excluding carboxylic acids is 1. The first-order valence-electron chi connectivity index (χ1n) is 10.3. The van der Waals surface area contributed by atoms with E-state index in [1.165, 1.54) is 22.5 Å². The molecule has 0 radical (unpaired) electrons. The third-order valence-corrected chi connectivity index (χ3v) is 7.42. The van der Waals surface area contributed by atoms with Crippen molar-refractivity contribution in [2.45, 2.75) is 30.3 Å². The van der Waals surface area contributed by atoms with Crippen molar-refractivity contribution in [1.29, 1.82) is 0 Å². The summed E-state index contributed by atoms with van der Waals surface area (Å²) in [6.07, 6.45) is -3.91. The van der Waals surface area contributed by atoms with Gasteiger partial charge in [-0.25, -0.2) is 17.2 Å². The lowest BCUT2D eigenvalue weighted by Gasteiger charge is -2.31. The molecule has 0 aliphatic carbocycles. The van der Waals surface area contributed by atoms with Crippen molar-refractivity contribution in [1.82, 2.24) is 0 Å². The van der Waals surface area contributed by atoms with Crippen molar-refractivity contribution in [3.8, 4) is 0 Å². The number of ketones is 1. The summed E-state index contributed by atoms with van der Waals surface area (Å²) in [5, 5.41) is 0. The van der Waals surface area contributed by atoms with E-state index in [0.717, 1.165) is 23.8 Å². The van der Waals surface area contributed by atoms with Crippen LogP contribution in [0.3, 0.4) is 0 Å². The molecule has 1 aliphatic heterocycles. The number of rotatable bonds is 5. The number of carbonyl (C=O) groups is 1. The maximum atomic E-state index is 14.2. The van der Waals surface area contributed by atoms with Crippen LogP contribution in [0.4, 0.5) is 27.6 Å². The summed E-state index contributed by atoms with van der Waals surface area (Å²) in [7, 11) is -4.00.